The van der Waals surface area contributed by atoms with Gasteiger partial charge >= 0.3 is 5.97 Å². The van der Waals surface area contributed by atoms with Gasteiger partial charge in [-0.3, -0.25) is 9.69 Å². The van der Waals surface area contributed by atoms with Gasteiger partial charge in [-0.15, -0.1) is 0 Å². The van der Waals surface area contributed by atoms with E-state index >= 15 is 0 Å². The second-order valence-corrected chi connectivity index (χ2v) is 6.20. The predicted octanol–water partition coefficient (Wildman–Crippen LogP) is 3.08. The number of hydrogen-bond donors (Lipinski definition) is 1. The first-order chi connectivity index (χ1) is 9.83. The summed E-state index contributed by atoms with van der Waals surface area (Å²) in [5.74, 6) is -2.33. The number of piperidine rings is 1. The summed E-state index contributed by atoms with van der Waals surface area (Å²) in [6.45, 7) is 5.20. The van der Waals surface area contributed by atoms with Crippen LogP contribution in [0.3, 0.4) is 0 Å². The number of carboxylic acid groups (broad SMARTS) is 1. The molecule has 5 heteroatoms. The first kappa shape index (κ1) is 15.9. The van der Waals surface area contributed by atoms with E-state index in [1.807, 2.05) is 4.90 Å². The van der Waals surface area contributed by atoms with Crippen LogP contribution in [0.5, 0.6) is 0 Å². The first-order valence-electron chi connectivity index (χ1n) is 7.25. The number of rotatable bonds is 4. The van der Waals surface area contributed by atoms with Crippen LogP contribution in [0.15, 0.2) is 18.2 Å². The highest BCUT2D eigenvalue weighted by atomic mass is 19.2. The molecule has 0 saturated carbocycles. The van der Waals surface area contributed by atoms with Gasteiger partial charge in [0.2, 0.25) is 0 Å². The summed E-state index contributed by atoms with van der Waals surface area (Å²) in [5, 5.41) is 9.65. The van der Waals surface area contributed by atoms with Gasteiger partial charge in [-0.25, -0.2) is 8.78 Å². The zero-order valence-corrected chi connectivity index (χ0v) is 12.4. The van der Waals surface area contributed by atoms with Crippen molar-refractivity contribution in [3.8, 4) is 0 Å². The van der Waals surface area contributed by atoms with Gasteiger partial charge in [0.05, 0.1) is 0 Å². The van der Waals surface area contributed by atoms with Gasteiger partial charge in [-0.1, -0.05) is 13.0 Å². The van der Waals surface area contributed by atoms with Crippen LogP contribution in [0.25, 0.3) is 0 Å². The Hall–Kier alpha value is -1.49. The fourth-order valence-electron chi connectivity index (χ4n) is 3.01. The molecule has 0 aliphatic carbocycles. The van der Waals surface area contributed by atoms with Gasteiger partial charge in [0, 0.05) is 13.0 Å². The van der Waals surface area contributed by atoms with Crippen LogP contribution in [0, 0.1) is 17.6 Å². The molecule has 1 N–H and O–H groups in total. The lowest BCUT2D eigenvalue weighted by molar-refractivity contribution is -0.151. The molecule has 0 radical (unpaired) electrons. The van der Waals surface area contributed by atoms with E-state index in [1.165, 1.54) is 6.07 Å². The van der Waals surface area contributed by atoms with Crippen molar-refractivity contribution in [2.24, 2.45) is 5.92 Å². The van der Waals surface area contributed by atoms with Crippen molar-refractivity contribution in [3.63, 3.8) is 0 Å². The molecule has 116 valence electrons. The maximum absolute atomic E-state index is 13.3. The molecule has 1 saturated heterocycles. The van der Waals surface area contributed by atoms with Crippen LogP contribution in [-0.2, 0) is 11.2 Å². The number of hydrogen-bond acceptors (Lipinski definition) is 2. The third-order valence-corrected chi connectivity index (χ3v) is 4.35. The van der Waals surface area contributed by atoms with Crippen molar-refractivity contribution in [1.82, 2.24) is 4.90 Å². The molecule has 0 bridgehead atoms. The molecule has 2 atom stereocenters. The van der Waals surface area contributed by atoms with Gasteiger partial charge in [0.25, 0.3) is 0 Å². The molecule has 0 spiro atoms. The number of halogens is 2. The highest BCUT2D eigenvalue weighted by molar-refractivity contribution is 5.78. The van der Waals surface area contributed by atoms with Gasteiger partial charge in [-0.05, 0) is 49.9 Å². The maximum atomic E-state index is 13.3. The van der Waals surface area contributed by atoms with Crippen LogP contribution >= 0.6 is 0 Å². The minimum absolute atomic E-state index is 0.159. The zero-order valence-electron chi connectivity index (χ0n) is 12.4. The van der Waals surface area contributed by atoms with E-state index in [2.05, 4.69) is 6.92 Å². The van der Waals surface area contributed by atoms with Crippen molar-refractivity contribution in [2.75, 3.05) is 13.1 Å². The summed E-state index contributed by atoms with van der Waals surface area (Å²) in [7, 11) is 0. The molecule has 1 aromatic rings. The normalized spacial score (nSPS) is 22.8. The number of benzene rings is 1. The summed E-state index contributed by atoms with van der Waals surface area (Å²) in [6, 6.07) is 3.59. The second kappa shape index (κ2) is 6.10. The van der Waals surface area contributed by atoms with Crippen LogP contribution in [0.1, 0.15) is 32.3 Å². The average molecular weight is 297 g/mol. The maximum Gasteiger partial charge on any atom is 0.324 e. The summed E-state index contributed by atoms with van der Waals surface area (Å²) < 4.78 is 26.3. The number of likely N-dealkylation sites (tertiary alicyclic amines) is 1. The van der Waals surface area contributed by atoms with Gasteiger partial charge in [-0.2, -0.15) is 0 Å². The lowest BCUT2D eigenvalue weighted by atomic mass is 9.87. The Morgan fingerprint density at radius 3 is 2.71 bits per heavy atom. The van der Waals surface area contributed by atoms with E-state index in [0.29, 0.717) is 18.0 Å². The van der Waals surface area contributed by atoms with E-state index in [9.17, 15) is 18.7 Å². The van der Waals surface area contributed by atoms with Crippen molar-refractivity contribution in [1.29, 1.82) is 0 Å². The number of carboxylic acids is 1. The van der Waals surface area contributed by atoms with Crippen LogP contribution in [0.4, 0.5) is 8.78 Å². The molecule has 21 heavy (non-hydrogen) atoms. The third-order valence-electron chi connectivity index (χ3n) is 4.35. The van der Waals surface area contributed by atoms with Gasteiger partial charge in [0.15, 0.2) is 11.6 Å². The lowest BCUT2D eigenvalue weighted by Crippen LogP contribution is -2.57. The van der Waals surface area contributed by atoms with Crippen LogP contribution in [0.2, 0.25) is 0 Å². The highest BCUT2D eigenvalue weighted by Gasteiger charge is 2.41. The lowest BCUT2D eigenvalue weighted by Gasteiger charge is -2.42. The number of carbonyl (C=O) groups is 1. The molecule has 2 unspecified atom stereocenters. The predicted molar refractivity (Wildman–Crippen MR) is 76.1 cm³/mol. The van der Waals surface area contributed by atoms with Crippen molar-refractivity contribution in [3.05, 3.63) is 35.4 Å². The number of aliphatic carboxylic acids is 1. The topological polar surface area (TPSA) is 40.5 Å². The largest absolute Gasteiger partial charge is 0.480 e. The Kier molecular flexibility index (Phi) is 4.61. The molecular weight excluding hydrogens is 276 g/mol. The van der Waals surface area contributed by atoms with Crippen molar-refractivity contribution >= 4 is 5.97 Å². The highest BCUT2D eigenvalue weighted by Crippen LogP contribution is 2.28. The summed E-state index contributed by atoms with van der Waals surface area (Å²) in [5.41, 5.74) is -0.601. The fraction of sp³-hybridized carbons (Fsp3) is 0.562. The molecule has 3 nitrogen and oxygen atoms in total. The molecule has 1 aromatic carbocycles. The minimum atomic E-state index is -1.10. The Morgan fingerprint density at radius 1 is 1.43 bits per heavy atom. The standard InChI is InChI=1S/C16H21F2NO2/c1-11-4-3-7-19(10-11)16(2,15(20)21)9-12-5-6-13(17)14(18)8-12/h5-6,8,11H,3-4,7,9-10H2,1-2H3,(H,20,21). The molecule has 1 aliphatic heterocycles. The fourth-order valence-corrected chi connectivity index (χ4v) is 3.01. The van der Waals surface area contributed by atoms with Crippen LogP contribution < -0.4 is 0 Å². The monoisotopic (exact) mass is 297 g/mol. The van der Waals surface area contributed by atoms with E-state index < -0.39 is 23.1 Å². The van der Waals surface area contributed by atoms with E-state index in [1.54, 1.807) is 6.92 Å². The van der Waals surface area contributed by atoms with E-state index in [0.717, 1.165) is 31.5 Å². The molecular formula is C16H21F2NO2. The van der Waals surface area contributed by atoms with Gasteiger partial charge in [0.1, 0.15) is 5.54 Å². The first-order valence-corrected chi connectivity index (χ1v) is 7.25. The molecule has 2 rings (SSSR count). The van der Waals surface area contributed by atoms with Crippen molar-refractivity contribution in [2.45, 2.75) is 38.6 Å². The second-order valence-electron chi connectivity index (χ2n) is 6.20. The SMILES string of the molecule is CC1CCCN(C(C)(Cc2ccc(F)c(F)c2)C(=O)O)C1. The Balaban J connectivity index is 2.25. The minimum Gasteiger partial charge on any atom is -0.480 e. The average Bonchev–Trinajstić information content (AvgIpc) is 2.42. The van der Waals surface area contributed by atoms with Gasteiger partial charge < -0.3 is 5.11 Å². The zero-order chi connectivity index (χ0) is 15.6. The summed E-state index contributed by atoms with van der Waals surface area (Å²) >= 11 is 0. The Morgan fingerprint density at radius 2 is 2.14 bits per heavy atom. The molecule has 1 fully saturated rings. The third kappa shape index (κ3) is 3.40. The number of nitrogens with zero attached hydrogens (tertiary/aromatic N) is 1. The summed E-state index contributed by atoms with van der Waals surface area (Å²) in [4.78, 5) is 13.7. The van der Waals surface area contributed by atoms with E-state index in [4.69, 9.17) is 0 Å². The Bertz CT molecular complexity index is 535. The smallest absolute Gasteiger partial charge is 0.324 e. The van der Waals surface area contributed by atoms with Crippen molar-refractivity contribution < 1.29 is 18.7 Å². The molecule has 1 aliphatic rings. The van der Waals surface area contributed by atoms with Crippen LogP contribution in [-0.4, -0.2) is 34.6 Å². The molecule has 0 aromatic heterocycles. The quantitative estimate of drug-likeness (QED) is 0.928. The summed E-state index contributed by atoms with van der Waals surface area (Å²) in [6.07, 6.45) is 2.21. The Labute approximate surface area is 123 Å². The molecule has 0 amide bonds. The molecule has 1 heterocycles. The van der Waals surface area contributed by atoms with E-state index in [-0.39, 0.29) is 6.42 Å².